The van der Waals surface area contributed by atoms with Crippen molar-refractivity contribution < 1.29 is 4.79 Å². The van der Waals surface area contributed by atoms with E-state index in [1.165, 1.54) is 5.56 Å². The van der Waals surface area contributed by atoms with Crippen molar-refractivity contribution in [2.75, 3.05) is 0 Å². The third kappa shape index (κ3) is 2.84. The van der Waals surface area contributed by atoms with Gasteiger partial charge in [0.1, 0.15) is 0 Å². The second-order valence-corrected chi connectivity index (χ2v) is 6.13. The molecule has 4 heteroatoms. The summed E-state index contributed by atoms with van der Waals surface area (Å²) in [5, 5.41) is 0. The van der Waals surface area contributed by atoms with E-state index in [9.17, 15) is 4.79 Å². The van der Waals surface area contributed by atoms with Crippen LogP contribution in [0, 0.1) is 12.8 Å². The molecule has 2 N–H and O–H groups in total. The van der Waals surface area contributed by atoms with Crippen LogP contribution in [0.5, 0.6) is 0 Å². The van der Waals surface area contributed by atoms with Gasteiger partial charge in [0.2, 0.25) is 5.91 Å². The Labute approximate surface area is 120 Å². The lowest BCUT2D eigenvalue weighted by atomic mass is 9.84. The lowest BCUT2D eigenvalue weighted by molar-refractivity contribution is -0.130. The fourth-order valence-corrected chi connectivity index (χ4v) is 2.39. The van der Waals surface area contributed by atoms with E-state index in [0.29, 0.717) is 18.9 Å². The van der Waals surface area contributed by atoms with Crippen LogP contribution in [0.3, 0.4) is 0 Å². The van der Waals surface area contributed by atoms with E-state index >= 15 is 0 Å². The highest BCUT2D eigenvalue weighted by Gasteiger charge is 2.38. The summed E-state index contributed by atoms with van der Waals surface area (Å²) in [4.78, 5) is 18.5. The largest absolute Gasteiger partial charge is 0.369 e. The van der Waals surface area contributed by atoms with E-state index in [2.05, 4.69) is 24.9 Å². The number of nitrogens with zero attached hydrogens (tertiary/aromatic N) is 2. The van der Waals surface area contributed by atoms with E-state index in [1.807, 2.05) is 32.0 Å². The van der Waals surface area contributed by atoms with Gasteiger partial charge in [-0.25, -0.2) is 4.99 Å². The molecule has 1 heterocycles. The second kappa shape index (κ2) is 5.27. The van der Waals surface area contributed by atoms with Crippen LogP contribution in [0.4, 0.5) is 0 Å². The topological polar surface area (TPSA) is 58.7 Å². The quantitative estimate of drug-likeness (QED) is 0.919. The molecule has 0 bridgehead atoms. The molecule has 2 rings (SSSR count). The summed E-state index contributed by atoms with van der Waals surface area (Å²) < 4.78 is 0. The molecule has 108 valence electrons. The Hall–Kier alpha value is -1.84. The van der Waals surface area contributed by atoms with Gasteiger partial charge in [-0.15, -0.1) is 0 Å². The van der Waals surface area contributed by atoms with Crippen LogP contribution < -0.4 is 5.73 Å². The molecule has 1 aliphatic heterocycles. The summed E-state index contributed by atoms with van der Waals surface area (Å²) >= 11 is 0. The number of nitrogens with two attached hydrogens (primary N) is 1. The van der Waals surface area contributed by atoms with Gasteiger partial charge in [-0.3, -0.25) is 9.69 Å². The van der Waals surface area contributed by atoms with E-state index in [-0.39, 0.29) is 17.4 Å². The third-order valence-electron chi connectivity index (χ3n) is 4.12. The first-order valence-corrected chi connectivity index (χ1v) is 7.03. The molecule has 0 spiro atoms. The molecule has 0 radical (unpaired) electrons. The highest BCUT2D eigenvalue weighted by atomic mass is 16.2. The Kier molecular flexibility index (Phi) is 3.84. The number of aliphatic imine (C=N–C) groups is 1. The van der Waals surface area contributed by atoms with Crippen molar-refractivity contribution in [2.45, 2.75) is 46.2 Å². The maximum absolute atomic E-state index is 12.4. The average Bonchev–Trinajstić information content (AvgIpc) is 2.34. The van der Waals surface area contributed by atoms with E-state index < -0.39 is 0 Å². The molecule has 1 amide bonds. The summed E-state index contributed by atoms with van der Waals surface area (Å²) in [7, 11) is 0. The Morgan fingerprint density at radius 2 is 2.15 bits per heavy atom. The summed E-state index contributed by atoms with van der Waals surface area (Å²) in [5.74, 6) is 0.667. The van der Waals surface area contributed by atoms with Gasteiger partial charge in [-0.05, 0) is 25.3 Å². The van der Waals surface area contributed by atoms with Crippen molar-refractivity contribution in [3.8, 4) is 0 Å². The van der Waals surface area contributed by atoms with Crippen LogP contribution in [0.1, 0.15) is 38.3 Å². The molecule has 1 atom stereocenters. The zero-order chi connectivity index (χ0) is 14.9. The maximum Gasteiger partial charge on any atom is 0.232 e. The number of guanidine groups is 1. The average molecular weight is 273 g/mol. The minimum Gasteiger partial charge on any atom is -0.369 e. The molecule has 1 aromatic rings. The van der Waals surface area contributed by atoms with Gasteiger partial charge in [-0.1, -0.05) is 43.7 Å². The Bertz CT molecular complexity index is 550. The Morgan fingerprint density at radius 3 is 2.70 bits per heavy atom. The number of benzene rings is 1. The standard InChI is InChI=1S/C16H23N3O/c1-11(2)16(4)9-14(20)19(15(17)18-16)10-13-7-5-6-12(3)8-13/h5-8,11H,9-10H2,1-4H3,(H2,17,18)/t16-/m0/s1. The summed E-state index contributed by atoms with van der Waals surface area (Å²) in [5.41, 5.74) is 7.89. The molecule has 1 aromatic carbocycles. The molecule has 0 unspecified atom stereocenters. The smallest absolute Gasteiger partial charge is 0.232 e. The number of hydrogen-bond acceptors (Lipinski definition) is 3. The highest BCUT2D eigenvalue weighted by molar-refractivity contribution is 5.99. The zero-order valence-corrected chi connectivity index (χ0v) is 12.7. The lowest BCUT2D eigenvalue weighted by Crippen LogP contribution is -2.51. The minimum atomic E-state index is -0.385. The fraction of sp³-hybridized carbons (Fsp3) is 0.500. The van der Waals surface area contributed by atoms with Gasteiger partial charge in [0.05, 0.1) is 18.5 Å². The molecule has 0 fully saturated rings. The number of amides is 1. The van der Waals surface area contributed by atoms with Crippen molar-refractivity contribution in [1.29, 1.82) is 0 Å². The van der Waals surface area contributed by atoms with Crippen LogP contribution in [0.15, 0.2) is 29.3 Å². The second-order valence-electron chi connectivity index (χ2n) is 6.13. The van der Waals surface area contributed by atoms with Crippen LogP contribution >= 0.6 is 0 Å². The van der Waals surface area contributed by atoms with Crippen molar-refractivity contribution >= 4 is 11.9 Å². The van der Waals surface area contributed by atoms with E-state index in [0.717, 1.165) is 5.56 Å². The number of hydrogen-bond donors (Lipinski definition) is 1. The van der Waals surface area contributed by atoms with Gasteiger partial charge in [0.15, 0.2) is 5.96 Å². The van der Waals surface area contributed by atoms with Crippen LogP contribution in [0.2, 0.25) is 0 Å². The van der Waals surface area contributed by atoms with Gasteiger partial charge < -0.3 is 5.73 Å². The first kappa shape index (κ1) is 14.6. The number of carbonyl (C=O) groups excluding carboxylic acids is 1. The zero-order valence-electron chi connectivity index (χ0n) is 12.7. The Balaban J connectivity index is 2.24. The molecule has 0 aliphatic carbocycles. The number of aryl methyl sites for hydroxylation is 1. The molecular weight excluding hydrogens is 250 g/mol. The molecule has 20 heavy (non-hydrogen) atoms. The Morgan fingerprint density at radius 1 is 1.45 bits per heavy atom. The van der Waals surface area contributed by atoms with Gasteiger partial charge >= 0.3 is 0 Å². The SMILES string of the molecule is Cc1cccc(CN2C(=O)C[C@@](C)(C(C)C)N=C2N)c1. The number of rotatable bonds is 3. The first-order valence-electron chi connectivity index (χ1n) is 7.03. The van der Waals surface area contributed by atoms with Gasteiger partial charge in [0, 0.05) is 0 Å². The normalized spacial score (nSPS) is 23.1. The first-order chi connectivity index (χ1) is 9.32. The van der Waals surface area contributed by atoms with Crippen molar-refractivity contribution in [3.05, 3.63) is 35.4 Å². The van der Waals surface area contributed by atoms with Gasteiger partial charge in [0.25, 0.3) is 0 Å². The molecule has 0 saturated carbocycles. The van der Waals surface area contributed by atoms with Crippen molar-refractivity contribution in [1.82, 2.24) is 4.90 Å². The lowest BCUT2D eigenvalue weighted by Gasteiger charge is -2.37. The van der Waals surface area contributed by atoms with Gasteiger partial charge in [-0.2, -0.15) is 0 Å². The molecule has 4 nitrogen and oxygen atoms in total. The molecule has 0 saturated heterocycles. The summed E-state index contributed by atoms with van der Waals surface area (Å²) in [6, 6.07) is 8.10. The predicted molar refractivity (Wildman–Crippen MR) is 81.2 cm³/mol. The third-order valence-corrected chi connectivity index (χ3v) is 4.12. The molecular formula is C16H23N3O. The number of carbonyl (C=O) groups is 1. The predicted octanol–water partition coefficient (Wildman–Crippen LogP) is 2.46. The van der Waals surface area contributed by atoms with E-state index in [4.69, 9.17) is 5.73 Å². The fourth-order valence-electron chi connectivity index (χ4n) is 2.39. The van der Waals surface area contributed by atoms with Crippen molar-refractivity contribution in [2.24, 2.45) is 16.6 Å². The molecule has 0 aromatic heterocycles. The van der Waals surface area contributed by atoms with Crippen LogP contribution in [-0.2, 0) is 11.3 Å². The minimum absolute atomic E-state index is 0.0511. The monoisotopic (exact) mass is 273 g/mol. The summed E-state index contributed by atoms with van der Waals surface area (Å²) in [6.45, 7) is 8.66. The maximum atomic E-state index is 12.4. The van der Waals surface area contributed by atoms with Crippen molar-refractivity contribution in [3.63, 3.8) is 0 Å². The molecule has 1 aliphatic rings. The summed E-state index contributed by atoms with van der Waals surface area (Å²) in [6.07, 6.45) is 0.414. The van der Waals surface area contributed by atoms with Crippen LogP contribution in [-0.4, -0.2) is 22.3 Å². The van der Waals surface area contributed by atoms with Crippen LogP contribution in [0.25, 0.3) is 0 Å². The van der Waals surface area contributed by atoms with E-state index in [1.54, 1.807) is 4.90 Å². The highest BCUT2D eigenvalue weighted by Crippen LogP contribution is 2.30.